The van der Waals surface area contributed by atoms with E-state index in [1.165, 1.54) is 11.3 Å². The highest BCUT2D eigenvalue weighted by Crippen LogP contribution is 2.32. The van der Waals surface area contributed by atoms with Crippen LogP contribution in [0.3, 0.4) is 0 Å². The van der Waals surface area contributed by atoms with Gasteiger partial charge in [0.05, 0.1) is 38.1 Å². The van der Waals surface area contributed by atoms with E-state index in [0.29, 0.717) is 5.82 Å². The molecule has 0 fully saturated rings. The number of hydrogen-bond donors (Lipinski definition) is 1. The first-order chi connectivity index (χ1) is 12.0. The van der Waals surface area contributed by atoms with E-state index in [9.17, 15) is 4.21 Å². The monoisotopic (exact) mass is 372 g/mol. The number of rotatable bonds is 4. The standard InChI is InChI=1S/C16H16N6OS2/c1-10-6-13(24-16(10)25(3)23)20-14-15-18-8-12(22(15)5-4-17-14)11-7-19-21(2)9-11/h4-9H,1-3H3,(H,17,20). The Kier molecular flexibility index (Phi) is 3.89. The average Bonchev–Trinajstić information content (AvgIpc) is 3.26. The number of nitrogens with one attached hydrogen (secondary N) is 1. The van der Waals surface area contributed by atoms with Gasteiger partial charge in [0.25, 0.3) is 0 Å². The molecule has 0 aliphatic carbocycles. The molecule has 7 nitrogen and oxygen atoms in total. The van der Waals surface area contributed by atoms with Crippen molar-refractivity contribution in [2.45, 2.75) is 11.1 Å². The van der Waals surface area contributed by atoms with Crippen molar-refractivity contribution in [2.75, 3.05) is 11.6 Å². The molecule has 0 spiro atoms. The SMILES string of the molecule is Cc1cc(Nc2nccn3c(-c4cnn(C)c4)cnc23)sc1S(C)=O. The van der Waals surface area contributed by atoms with Gasteiger partial charge in [0.2, 0.25) is 0 Å². The third kappa shape index (κ3) is 2.85. The normalized spacial score (nSPS) is 12.6. The van der Waals surface area contributed by atoms with Crippen LogP contribution in [0.4, 0.5) is 10.8 Å². The lowest BCUT2D eigenvalue weighted by molar-refractivity contribution is 0.687. The molecular weight excluding hydrogens is 356 g/mol. The topological polar surface area (TPSA) is 77.1 Å². The predicted molar refractivity (Wildman–Crippen MR) is 99.9 cm³/mol. The molecule has 0 aliphatic heterocycles. The van der Waals surface area contributed by atoms with Crippen molar-refractivity contribution < 1.29 is 4.21 Å². The summed E-state index contributed by atoms with van der Waals surface area (Å²) in [6.07, 6.45) is 10.9. The van der Waals surface area contributed by atoms with Crippen LogP contribution < -0.4 is 5.32 Å². The van der Waals surface area contributed by atoms with Crippen LogP contribution in [-0.2, 0) is 17.8 Å². The van der Waals surface area contributed by atoms with Crippen LogP contribution in [-0.4, -0.2) is 34.6 Å². The summed E-state index contributed by atoms with van der Waals surface area (Å²) in [5.41, 5.74) is 3.68. The maximum absolute atomic E-state index is 11.8. The van der Waals surface area contributed by atoms with Crippen molar-refractivity contribution >= 4 is 38.6 Å². The third-order valence-corrected chi connectivity index (χ3v) is 6.55. The predicted octanol–water partition coefficient (Wildman–Crippen LogP) is 2.98. The number of hydrogen-bond acceptors (Lipinski definition) is 6. The fourth-order valence-electron chi connectivity index (χ4n) is 2.70. The van der Waals surface area contributed by atoms with Crippen molar-refractivity contribution in [1.29, 1.82) is 0 Å². The summed E-state index contributed by atoms with van der Waals surface area (Å²) < 4.78 is 16.4. The highest BCUT2D eigenvalue weighted by Gasteiger charge is 2.14. The van der Waals surface area contributed by atoms with E-state index in [4.69, 9.17) is 0 Å². The summed E-state index contributed by atoms with van der Waals surface area (Å²) in [5.74, 6) is 0.660. The number of fused-ring (bicyclic) bond motifs is 1. The molecule has 1 atom stereocenters. The molecule has 0 saturated carbocycles. The van der Waals surface area contributed by atoms with Gasteiger partial charge in [0.1, 0.15) is 0 Å². The second-order valence-corrected chi connectivity index (χ2v) is 8.30. The molecule has 128 valence electrons. The molecule has 4 heterocycles. The number of nitrogens with zero attached hydrogens (tertiary/aromatic N) is 5. The summed E-state index contributed by atoms with van der Waals surface area (Å²) in [5, 5.41) is 8.41. The Labute approximate surface area is 150 Å². The Bertz CT molecular complexity index is 1090. The zero-order chi connectivity index (χ0) is 17.6. The van der Waals surface area contributed by atoms with Crippen LogP contribution in [0.25, 0.3) is 16.9 Å². The Balaban J connectivity index is 1.75. The summed E-state index contributed by atoms with van der Waals surface area (Å²) in [4.78, 5) is 8.92. The van der Waals surface area contributed by atoms with Crippen LogP contribution in [0.1, 0.15) is 5.56 Å². The number of imidazole rings is 1. The van der Waals surface area contributed by atoms with E-state index in [1.54, 1.807) is 17.1 Å². The summed E-state index contributed by atoms with van der Waals surface area (Å²) in [7, 11) is 0.889. The average molecular weight is 372 g/mol. The van der Waals surface area contributed by atoms with Crippen LogP contribution in [0.5, 0.6) is 0 Å². The van der Waals surface area contributed by atoms with Gasteiger partial charge in [-0.3, -0.25) is 13.3 Å². The fraction of sp³-hybridized carbons (Fsp3) is 0.188. The van der Waals surface area contributed by atoms with Gasteiger partial charge < -0.3 is 5.32 Å². The van der Waals surface area contributed by atoms with Gasteiger partial charge in [-0.05, 0) is 18.6 Å². The smallest absolute Gasteiger partial charge is 0.180 e. The first kappa shape index (κ1) is 16.0. The molecule has 0 bridgehead atoms. The number of thiophene rings is 1. The number of anilines is 2. The fourth-order valence-corrected chi connectivity index (χ4v) is 4.76. The molecule has 4 rings (SSSR count). The maximum Gasteiger partial charge on any atom is 0.180 e. The second kappa shape index (κ2) is 6.08. The summed E-state index contributed by atoms with van der Waals surface area (Å²) >= 11 is 1.48. The zero-order valence-corrected chi connectivity index (χ0v) is 15.6. The van der Waals surface area contributed by atoms with Crippen molar-refractivity contribution in [1.82, 2.24) is 24.1 Å². The molecule has 25 heavy (non-hydrogen) atoms. The quantitative estimate of drug-likeness (QED) is 0.596. The van der Waals surface area contributed by atoms with Crippen LogP contribution in [0, 0.1) is 6.92 Å². The minimum absolute atomic E-state index is 0.660. The lowest BCUT2D eigenvalue weighted by Gasteiger charge is -2.05. The Morgan fingerprint density at radius 1 is 1.28 bits per heavy atom. The van der Waals surface area contributed by atoms with E-state index >= 15 is 0 Å². The highest BCUT2D eigenvalue weighted by molar-refractivity contribution is 7.86. The first-order valence-corrected chi connectivity index (χ1v) is 9.92. The van der Waals surface area contributed by atoms with Gasteiger partial charge in [0, 0.05) is 37.5 Å². The van der Waals surface area contributed by atoms with Crippen molar-refractivity contribution in [3.8, 4) is 11.3 Å². The van der Waals surface area contributed by atoms with Crippen LogP contribution in [0.15, 0.2) is 41.3 Å². The molecule has 0 amide bonds. The van der Waals surface area contributed by atoms with Gasteiger partial charge in [0.15, 0.2) is 11.5 Å². The summed E-state index contributed by atoms with van der Waals surface area (Å²) in [6, 6.07) is 1.98. The van der Waals surface area contributed by atoms with E-state index in [2.05, 4.69) is 20.4 Å². The summed E-state index contributed by atoms with van der Waals surface area (Å²) in [6.45, 7) is 1.96. The van der Waals surface area contributed by atoms with Gasteiger partial charge in [-0.2, -0.15) is 5.10 Å². The number of aryl methyl sites for hydroxylation is 2. The first-order valence-electron chi connectivity index (χ1n) is 7.55. The highest BCUT2D eigenvalue weighted by atomic mass is 32.2. The molecule has 0 radical (unpaired) electrons. The van der Waals surface area contributed by atoms with Gasteiger partial charge >= 0.3 is 0 Å². The molecular formula is C16H16N6OS2. The molecule has 0 saturated heterocycles. The van der Waals surface area contributed by atoms with Crippen LogP contribution >= 0.6 is 11.3 Å². The van der Waals surface area contributed by atoms with Gasteiger partial charge in [-0.15, -0.1) is 11.3 Å². The molecule has 1 N–H and O–H groups in total. The van der Waals surface area contributed by atoms with Gasteiger partial charge in [-0.1, -0.05) is 0 Å². The second-order valence-electron chi connectivity index (χ2n) is 5.68. The minimum atomic E-state index is -0.995. The van der Waals surface area contributed by atoms with E-state index in [0.717, 1.165) is 31.7 Å². The molecule has 0 aliphatic rings. The van der Waals surface area contributed by atoms with Crippen molar-refractivity contribution in [3.63, 3.8) is 0 Å². The molecule has 1 unspecified atom stereocenters. The van der Waals surface area contributed by atoms with Crippen molar-refractivity contribution in [3.05, 3.63) is 42.6 Å². The molecule has 4 aromatic rings. The Morgan fingerprint density at radius 3 is 2.80 bits per heavy atom. The zero-order valence-electron chi connectivity index (χ0n) is 13.9. The Morgan fingerprint density at radius 2 is 2.12 bits per heavy atom. The van der Waals surface area contributed by atoms with Gasteiger partial charge in [-0.25, -0.2) is 9.97 Å². The van der Waals surface area contributed by atoms with E-state index < -0.39 is 10.8 Å². The lowest BCUT2D eigenvalue weighted by atomic mass is 10.3. The minimum Gasteiger partial charge on any atom is -0.329 e. The van der Waals surface area contributed by atoms with Crippen LogP contribution in [0.2, 0.25) is 0 Å². The Hall–Kier alpha value is -2.52. The number of aromatic nitrogens is 5. The lowest BCUT2D eigenvalue weighted by Crippen LogP contribution is -1.97. The van der Waals surface area contributed by atoms with E-state index in [-0.39, 0.29) is 0 Å². The molecule has 4 aromatic heterocycles. The van der Waals surface area contributed by atoms with E-state index in [1.807, 2.05) is 49.2 Å². The maximum atomic E-state index is 11.8. The molecule has 0 aromatic carbocycles. The third-order valence-electron chi connectivity index (χ3n) is 3.80. The largest absolute Gasteiger partial charge is 0.329 e. The van der Waals surface area contributed by atoms with Crippen molar-refractivity contribution in [2.24, 2.45) is 7.05 Å². The molecule has 9 heteroatoms.